The van der Waals surface area contributed by atoms with Crippen molar-refractivity contribution in [3.63, 3.8) is 0 Å². The van der Waals surface area contributed by atoms with Gasteiger partial charge in [-0.25, -0.2) is 4.79 Å². The fourth-order valence-electron chi connectivity index (χ4n) is 3.16. The lowest BCUT2D eigenvalue weighted by atomic mass is 9.87. The number of benzene rings is 2. The van der Waals surface area contributed by atoms with E-state index < -0.39 is 12.1 Å². The number of unbranched alkanes of at least 4 members (excludes halogenated alkanes) is 2. The van der Waals surface area contributed by atoms with E-state index in [0.29, 0.717) is 12.2 Å². The molecule has 2 rings (SSSR count). The summed E-state index contributed by atoms with van der Waals surface area (Å²) in [5.74, 6) is 0.604. The zero-order chi connectivity index (χ0) is 20.6. The standard InChI is InChI=1S/C24H32O4/c1-24(2,3)19-14-16-20(17-15-19)28-22(23(25)26)13-7-5-6-10-18-11-8-9-12-21(18)27-4/h8-9,11-12,14-17,22H,5-7,10,13H2,1-4H3,(H,25,26). The molecule has 1 unspecified atom stereocenters. The van der Waals surface area contributed by atoms with Gasteiger partial charge in [0.25, 0.3) is 0 Å². The van der Waals surface area contributed by atoms with E-state index in [9.17, 15) is 9.90 Å². The van der Waals surface area contributed by atoms with Crippen LogP contribution in [-0.2, 0) is 16.6 Å². The van der Waals surface area contributed by atoms with Gasteiger partial charge in [0.15, 0.2) is 6.10 Å². The minimum atomic E-state index is -0.912. The fraction of sp³-hybridized carbons (Fsp3) is 0.458. The Kier molecular flexibility index (Phi) is 7.91. The molecule has 0 aromatic heterocycles. The number of ether oxygens (including phenoxy) is 2. The third-order valence-electron chi connectivity index (χ3n) is 4.88. The molecule has 2 aromatic rings. The molecule has 4 nitrogen and oxygen atoms in total. The second kappa shape index (κ2) is 10.2. The summed E-state index contributed by atoms with van der Waals surface area (Å²) in [6.07, 6.45) is 3.37. The number of para-hydroxylation sites is 1. The Balaban J connectivity index is 1.80. The van der Waals surface area contributed by atoms with Crippen molar-refractivity contribution in [2.24, 2.45) is 0 Å². The molecular weight excluding hydrogens is 352 g/mol. The predicted molar refractivity (Wildman–Crippen MR) is 112 cm³/mol. The molecule has 0 aliphatic carbocycles. The average molecular weight is 385 g/mol. The first kappa shape index (κ1) is 21.8. The summed E-state index contributed by atoms with van der Waals surface area (Å²) in [6, 6.07) is 15.7. The minimum absolute atomic E-state index is 0.0617. The van der Waals surface area contributed by atoms with Crippen LogP contribution in [0.3, 0.4) is 0 Å². The molecule has 1 atom stereocenters. The highest BCUT2D eigenvalue weighted by Crippen LogP contribution is 2.25. The largest absolute Gasteiger partial charge is 0.496 e. The van der Waals surface area contributed by atoms with E-state index in [4.69, 9.17) is 9.47 Å². The molecule has 4 heteroatoms. The summed E-state index contributed by atoms with van der Waals surface area (Å²) in [6.45, 7) is 6.44. The minimum Gasteiger partial charge on any atom is -0.496 e. The van der Waals surface area contributed by atoms with Gasteiger partial charge in [0.1, 0.15) is 11.5 Å². The molecule has 0 saturated heterocycles. The van der Waals surface area contributed by atoms with Gasteiger partial charge in [0.05, 0.1) is 7.11 Å². The molecule has 0 saturated carbocycles. The SMILES string of the molecule is COc1ccccc1CCCCCC(Oc1ccc(C(C)(C)C)cc1)C(=O)O. The first-order valence-corrected chi connectivity index (χ1v) is 9.93. The Morgan fingerprint density at radius 2 is 1.68 bits per heavy atom. The molecule has 1 N–H and O–H groups in total. The summed E-state index contributed by atoms with van der Waals surface area (Å²) < 4.78 is 11.1. The van der Waals surface area contributed by atoms with Crippen molar-refractivity contribution in [1.29, 1.82) is 0 Å². The van der Waals surface area contributed by atoms with E-state index in [2.05, 4.69) is 26.8 Å². The van der Waals surface area contributed by atoms with Gasteiger partial charge in [0, 0.05) is 0 Å². The highest BCUT2D eigenvalue weighted by Gasteiger charge is 2.20. The average Bonchev–Trinajstić information content (AvgIpc) is 2.66. The summed E-state index contributed by atoms with van der Waals surface area (Å²) in [4.78, 5) is 11.6. The predicted octanol–water partition coefficient (Wildman–Crippen LogP) is 5.63. The Hall–Kier alpha value is -2.49. The van der Waals surface area contributed by atoms with E-state index in [1.807, 2.05) is 42.5 Å². The molecule has 0 fully saturated rings. The number of methoxy groups -OCH3 is 1. The smallest absolute Gasteiger partial charge is 0.344 e. The lowest BCUT2D eigenvalue weighted by Crippen LogP contribution is -2.27. The van der Waals surface area contributed by atoms with Gasteiger partial charge in [-0.15, -0.1) is 0 Å². The summed E-state index contributed by atoms with van der Waals surface area (Å²) in [5, 5.41) is 9.48. The monoisotopic (exact) mass is 384 g/mol. The van der Waals surface area contributed by atoms with Crippen molar-refractivity contribution in [2.45, 2.75) is 64.4 Å². The topological polar surface area (TPSA) is 55.8 Å². The Morgan fingerprint density at radius 1 is 1.00 bits per heavy atom. The molecule has 152 valence electrons. The number of hydrogen-bond donors (Lipinski definition) is 1. The lowest BCUT2D eigenvalue weighted by Gasteiger charge is -2.20. The molecule has 0 aliphatic rings. The highest BCUT2D eigenvalue weighted by molar-refractivity contribution is 5.72. The van der Waals surface area contributed by atoms with Crippen molar-refractivity contribution in [3.8, 4) is 11.5 Å². The van der Waals surface area contributed by atoms with Gasteiger partial charge >= 0.3 is 5.97 Å². The molecule has 0 amide bonds. The normalized spacial score (nSPS) is 12.4. The summed E-state index contributed by atoms with van der Waals surface area (Å²) in [7, 11) is 1.68. The Labute approximate surface area is 168 Å². The molecular formula is C24H32O4. The molecule has 0 spiro atoms. The van der Waals surface area contributed by atoms with E-state index in [1.165, 1.54) is 11.1 Å². The van der Waals surface area contributed by atoms with Crippen LogP contribution in [0.1, 0.15) is 57.6 Å². The highest BCUT2D eigenvalue weighted by atomic mass is 16.5. The molecule has 2 aromatic carbocycles. The molecule has 0 radical (unpaired) electrons. The Bertz CT molecular complexity index is 744. The van der Waals surface area contributed by atoms with Crippen LogP contribution < -0.4 is 9.47 Å². The van der Waals surface area contributed by atoms with Gasteiger partial charge in [-0.05, 0) is 60.4 Å². The first-order chi connectivity index (χ1) is 13.3. The molecule has 28 heavy (non-hydrogen) atoms. The molecule has 0 aliphatic heterocycles. The van der Waals surface area contributed by atoms with Crippen molar-refractivity contribution in [1.82, 2.24) is 0 Å². The third-order valence-corrected chi connectivity index (χ3v) is 4.88. The van der Waals surface area contributed by atoms with E-state index >= 15 is 0 Å². The lowest BCUT2D eigenvalue weighted by molar-refractivity contribution is -0.145. The summed E-state index contributed by atoms with van der Waals surface area (Å²) >= 11 is 0. The summed E-state index contributed by atoms with van der Waals surface area (Å²) in [5.41, 5.74) is 2.45. The number of carboxylic acid groups (broad SMARTS) is 1. The van der Waals surface area contributed by atoms with Crippen LogP contribution >= 0.6 is 0 Å². The quantitative estimate of drug-likeness (QED) is 0.540. The number of aliphatic carboxylic acids is 1. The second-order valence-electron chi connectivity index (χ2n) is 8.13. The van der Waals surface area contributed by atoms with Crippen molar-refractivity contribution in [3.05, 3.63) is 59.7 Å². The maximum atomic E-state index is 11.6. The number of aryl methyl sites for hydroxylation is 1. The molecule has 0 bridgehead atoms. The van der Waals surface area contributed by atoms with Crippen molar-refractivity contribution < 1.29 is 19.4 Å². The number of carbonyl (C=O) groups is 1. The Morgan fingerprint density at radius 3 is 2.29 bits per heavy atom. The second-order valence-corrected chi connectivity index (χ2v) is 8.13. The van der Waals surface area contributed by atoms with Crippen LogP contribution in [0.15, 0.2) is 48.5 Å². The number of carboxylic acids is 1. The van der Waals surface area contributed by atoms with E-state index in [-0.39, 0.29) is 5.41 Å². The van der Waals surface area contributed by atoms with Crippen LogP contribution in [0, 0.1) is 0 Å². The fourth-order valence-corrected chi connectivity index (χ4v) is 3.16. The van der Waals surface area contributed by atoms with Gasteiger partial charge in [-0.1, -0.05) is 57.5 Å². The zero-order valence-electron chi connectivity index (χ0n) is 17.4. The third kappa shape index (κ3) is 6.59. The van der Waals surface area contributed by atoms with Gasteiger partial charge in [0.2, 0.25) is 0 Å². The van der Waals surface area contributed by atoms with Crippen molar-refractivity contribution in [2.75, 3.05) is 7.11 Å². The maximum absolute atomic E-state index is 11.6. The first-order valence-electron chi connectivity index (χ1n) is 9.93. The van der Waals surface area contributed by atoms with E-state index in [0.717, 1.165) is 31.4 Å². The van der Waals surface area contributed by atoms with Gasteiger partial charge < -0.3 is 14.6 Å². The van der Waals surface area contributed by atoms with Crippen LogP contribution in [0.5, 0.6) is 11.5 Å². The van der Waals surface area contributed by atoms with Crippen LogP contribution in [0.2, 0.25) is 0 Å². The zero-order valence-corrected chi connectivity index (χ0v) is 17.4. The molecule has 0 heterocycles. The number of hydrogen-bond acceptors (Lipinski definition) is 3. The van der Waals surface area contributed by atoms with Crippen LogP contribution in [-0.4, -0.2) is 24.3 Å². The van der Waals surface area contributed by atoms with Gasteiger partial charge in [-0.3, -0.25) is 0 Å². The maximum Gasteiger partial charge on any atom is 0.344 e. The van der Waals surface area contributed by atoms with Crippen LogP contribution in [0.25, 0.3) is 0 Å². The number of rotatable bonds is 10. The van der Waals surface area contributed by atoms with Crippen LogP contribution in [0.4, 0.5) is 0 Å². The van der Waals surface area contributed by atoms with Gasteiger partial charge in [-0.2, -0.15) is 0 Å². The van der Waals surface area contributed by atoms with Crippen molar-refractivity contribution >= 4 is 5.97 Å². The van der Waals surface area contributed by atoms with E-state index in [1.54, 1.807) is 7.11 Å².